The van der Waals surface area contributed by atoms with E-state index in [-0.39, 0.29) is 18.2 Å². The summed E-state index contributed by atoms with van der Waals surface area (Å²) in [5.74, 6) is -0.950. The van der Waals surface area contributed by atoms with Crippen LogP contribution in [0.1, 0.15) is 23.7 Å². The monoisotopic (exact) mass is 209 g/mol. The Bertz CT molecular complexity index is 338. The number of anilines is 1. The van der Waals surface area contributed by atoms with Crippen molar-refractivity contribution < 1.29 is 15.0 Å². The summed E-state index contributed by atoms with van der Waals surface area (Å²) < 4.78 is 0. The summed E-state index contributed by atoms with van der Waals surface area (Å²) in [4.78, 5) is 10.9. The van der Waals surface area contributed by atoms with Gasteiger partial charge in [0.1, 0.15) is 0 Å². The van der Waals surface area contributed by atoms with Crippen LogP contribution in [0, 0.1) is 0 Å². The fourth-order valence-electron chi connectivity index (χ4n) is 1.33. The number of aliphatic hydroxyl groups is 1. The molecule has 0 bridgehead atoms. The second-order valence-corrected chi connectivity index (χ2v) is 3.41. The van der Waals surface area contributed by atoms with E-state index in [1.165, 1.54) is 0 Å². The Kier molecular flexibility index (Phi) is 4.12. The first kappa shape index (κ1) is 11.5. The van der Waals surface area contributed by atoms with Crippen LogP contribution in [0.15, 0.2) is 24.3 Å². The molecule has 4 heteroatoms. The van der Waals surface area contributed by atoms with Gasteiger partial charge in [0.05, 0.1) is 5.56 Å². The van der Waals surface area contributed by atoms with Crippen LogP contribution in [0.2, 0.25) is 0 Å². The lowest BCUT2D eigenvalue weighted by atomic mass is 10.1. The Morgan fingerprint density at radius 1 is 1.47 bits per heavy atom. The van der Waals surface area contributed by atoms with E-state index in [2.05, 4.69) is 5.32 Å². The van der Waals surface area contributed by atoms with E-state index in [0.717, 1.165) is 0 Å². The number of nitrogens with one attached hydrogen (secondary N) is 1. The van der Waals surface area contributed by atoms with Gasteiger partial charge >= 0.3 is 5.97 Å². The molecule has 0 amide bonds. The molecule has 0 spiro atoms. The molecule has 0 saturated carbocycles. The molecule has 1 rings (SSSR count). The second-order valence-electron chi connectivity index (χ2n) is 3.41. The Hall–Kier alpha value is -1.55. The van der Waals surface area contributed by atoms with Crippen molar-refractivity contribution >= 4 is 11.7 Å². The summed E-state index contributed by atoms with van der Waals surface area (Å²) in [5, 5.41) is 20.7. The molecule has 1 atom stereocenters. The van der Waals surface area contributed by atoms with Gasteiger partial charge in [-0.25, -0.2) is 4.79 Å². The molecule has 82 valence electrons. The number of para-hydroxylation sites is 1. The van der Waals surface area contributed by atoms with Crippen LogP contribution < -0.4 is 5.32 Å². The number of aliphatic hydroxyl groups excluding tert-OH is 1. The Morgan fingerprint density at radius 3 is 2.73 bits per heavy atom. The van der Waals surface area contributed by atoms with Gasteiger partial charge in [0.25, 0.3) is 0 Å². The molecule has 0 aliphatic heterocycles. The number of hydrogen-bond acceptors (Lipinski definition) is 3. The fraction of sp³-hybridized carbons (Fsp3) is 0.364. The van der Waals surface area contributed by atoms with Crippen molar-refractivity contribution in [2.24, 2.45) is 0 Å². The molecule has 0 fully saturated rings. The van der Waals surface area contributed by atoms with Gasteiger partial charge in [-0.2, -0.15) is 0 Å². The maximum absolute atomic E-state index is 10.9. The first-order valence-corrected chi connectivity index (χ1v) is 4.85. The van der Waals surface area contributed by atoms with Gasteiger partial charge in [-0.05, 0) is 25.5 Å². The second kappa shape index (κ2) is 5.36. The van der Waals surface area contributed by atoms with Crippen LogP contribution in [-0.4, -0.2) is 28.8 Å². The van der Waals surface area contributed by atoms with Gasteiger partial charge < -0.3 is 15.5 Å². The lowest BCUT2D eigenvalue weighted by molar-refractivity contribution is 0.0698. The van der Waals surface area contributed by atoms with E-state index in [1.807, 2.05) is 6.92 Å². The van der Waals surface area contributed by atoms with E-state index in [1.54, 1.807) is 24.3 Å². The molecule has 0 aromatic heterocycles. The highest BCUT2D eigenvalue weighted by atomic mass is 16.4. The van der Waals surface area contributed by atoms with Crippen LogP contribution in [0.3, 0.4) is 0 Å². The summed E-state index contributed by atoms with van der Waals surface area (Å²) in [6.45, 7) is 1.98. The molecule has 4 nitrogen and oxygen atoms in total. The lowest BCUT2D eigenvalue weighted by Crippen LogP contribution is -2.18. The summed E-state index contributed by atoms with van der Waals surface area (Å²) in [7, 11) is 0. The average molecular weight is 209 g/mol. The van der Waals surface area contributed by atoms with Crippen molar-refractivity contribution in [3.8, 4) is 0 Å². The minimum absolute atomic E-state index is 0.0514. The van der Waals surface area contributed by atoms with E-state index in [0.29, 0.717) is 12.1 Å². The SMILES string of the molecule is CC(CCO)Nc1ccccc1C(=O)O. The number of rotatable bonds is 5. The summed E-state index contributed by atoms with van der Waals surface area (Å²) in [5.41, 5.74) is 0.841. The summed E-state index contributed by atoms with van der Waals surface area (Å²) in [6, 6.07) is 6.79. The molecular weight excluding hydrogens is 194 g/mol. The third-order valence-corrected chi connectivity index (χ3v) is 2.12. The topological polar surface area (TPSA) is 69.6 Å². The number of carbonyl (C=O) groups is 1. The molecule has 1 unspecified atom stereocenters. The first-order valence-electron chi connectivity index (χ1n) is 4.85. The van der Waals surface area contributed by atoms with Crippen molar-refractivity contribution in [2.75, 3.05) is 11.9 Å². The largest absolute Gasteiger partial charge is 0.478 e. The van der Waals surface area contributed by atoms with Crippen molar-refractivity contribution in [3.05, 3.63) is 29.8 Å². The zero-order chi connectivity index (χ0) is 11.3. The zero-order valence-corrected chi connectivity index (χ0v) is 8.60. The first-order chi connectivity index (χ1) is 7.15. The number of benzene rings is 1. The Morgan fingerprint density at radius 2 is 2.13 bits per heavy atom. The Balaban J connectivity index is 2.79. The summed E-state index contributed by atoms with van der Waals surface area (Å²) >= 11 is 0. The van der Waals surface area contributed by atoms with E-state index in [9.17, 15) is 4.79 Å². The van der Waals surface area contributed by atoms with Crippen LogP contribution in [0.4, 0.5) is 5.69 Å². The maximum atomic E-state index is 10.9. The third kappa shape index (κ3) is 3.25. The quantitative estimate of drug-likeness (QED) is 0.688. The standard InChI is InChI=1S/C11H15NO3/c1-8(6-7-13)12-10-5-3-2-4-9(10)11(14)15/h2-5,8,12-13H,6-7H2,1H3,(H,14,15). The van der Waals surface area contributed by atoms with Gasteiger partial charge in [-0.1, -0.05) is 12.1 Å². The number of aromatic carboxylic acids is 1. The predicted octanol–water partition coefficient (Wildman–Crippen LogP) is 1.57. The van der Waals surface area contributed by atoms with Crippen molar-refractivity contribution in [3.63, 3.8) is 0 Å². The fourth-order valence-corrected chi connectivity index (χ4v) is 1.33. The molecule has 0 radical (unpaired) electrons. The number of hydrogen-bond donors (Lipinski definition) is 3. The van der Waals surface area contributed by atoms with Crippen LogP contribution in [0.25, 0.3) is 0 Å². The minimum atomic E-state index is -0.950. The average Bonchev–Trinajstić information content (AvgIpc) is 2.18. The van der Waals surface area contributed by atoms with Gasteiger partial charge in [-0.3, -0.25) is 0 Å². The number of carboxylic acids is 1. The predicted molar refractivity (Wildman–Crippen MR) is 58.2 cm³/mol. The normalized spacial score (nSPS) is 12.1. The smallest absolute Gasteiger partial charge is 0.337 e. The van der Waals surface area contributed by atoms with Crippen LogP contribution in [-0.2, 0) is 0 Å². The van der Waals surface area contributed by atoms with Crippen molar-refractivity contribution in [1.29, 1.82) is 0 Å². The van der Waals surface area contributed by atoms with Gasteiger partial charge in [0.15, 0.2) is 0 Å². The lowest BCUT2D eigenvalue weighted by Gasteiger charge is -2.15. The summed E-state index contributed by atoms with van der Waals surface area (Å²) in [6.07, 6.45) is 0.591. The van der Waals surface area contributed by atoms with Crippen molar-refractivity contribution in [2.45, 2.75) is 19.4 Å². The molecule has 15 heavy (non-hydrogen) atoms. The third-order valence-electron chi connectivity index (χ3n) is 2.12. The Labute approximate surface area is 88.6 Å². The minimum Gasteiger partial charge on any atom is -0.478 e. The molecule has 0 aliphatic rings. The molecule has 1 aromatic carbocycles. The van der Waals surface area contributed by atoms with Crippen LogP contribution >= 0.6 is 0 Å². The molecule has 1 aromatic rings. The van der Waals surface area contributed by atoms with Gasteiger partial charge in [0.2, 0.25) is 0 Å². The van der Waals surface area contributed by atoms with Crippen molar-refractivity contribution in [1.82, 2.24) is 0 Å². The van der Waals surface area contributed by atoms with E-state index < -0.39 is 5.97 Å². The molecule has 0 aliphatic carbocycles. The highest BCUT2D eigenvalue weighted by molar-refractivity contribution is 5.94. The molecular formula is C11H15NO3. The zero-order valence-electron chi connectivity index (χ0n) is 8.60. The van der Waals surface area contributed by atoms with Crippen LogP contribution in [0.5, 0.6) is 0 Å². The van der Waals surface area contributed by atoms with Gasteiger partial charge in [0, 0.05) is 18.3 Å². The highest BCUT2D eigenvalue weighted by Crippen LogP contribution is 2.16. The van der Waals surface area contributed by atoms with E-state index >= 15 is 0 Å². The van der Waals surface area contributed by atoms with Gasteiger partial charge in [-0.15, -0.1) is 0 Å². The molecule has 3 N–H and O–H groups in total. The molecule has 0 saturated heterocycles. The highest BCUT2D eigenvalue weighted by Gasteiger charge is 2.10. The maximum Gasteiger partial charge on any atom is 0.337 e. The van der Waals surface area contributed by atoms with E-state index in [4.69, 9.17) is 10.2 Å². The number of carboxylic acid groups (broad SMARTS) is 1. The molecule has 0 heterocycles.